The van der Waals surface area contributed by atoms with Crippen LogP contribution in [0.15, 0.2) is 24.3 Å². The predicted octanol–water partition coefficient (Wildman–Crippen LogP) is 1.40. The van der Waals surface area contributed by atoms with Gasteiger partial charge in [-0.05, 0) is 36.6 Å². The van der Waals surface area contributed by atoms with Crippen molar-refractivity contribution in [3.63, 3.8) is 0 Å². The van der Waals surface area contributed by atoms with Gasteiger partial charge < -0.3 is 5.32 Å². The molecule has 5 nitrogen and oxygen atoms in total. The number of nitriles is 1. The van der Waals surface area contributed by atoms with Crippen LogP contribution in [0, 0.1) is 17.2 Å². The number of sulfonamides is 1. The minimum Gasteiger partial charge on any atom is -0.315 e. The van der Waals surface area contributed by atoms with Gasteiger partial charge in [-0.3, -0.25) is 0 Å². The summed E-state index contributed by atoms with van der Waals surface area (Å²) < 4.78 is 27.1. The predicted molar refractivity (Wildman–Crippen MR) is 84.6 cm³/mol. The lowest BCUT2D eigenvalue weighted by molar-refractivity contribution is 0.327. The molecule has 0 amide bonds. The Morgan fingerprint density at radius 3 is 2.90 bits per heavy atom. The Balaban J connectivity index is 0.00000220. The molecule has 2 unspecified atom stereocenters. The molecule has 0 aliphatic carbocycles. The standard InChI is InChI=1S/C14H19N3O2S.ClH/c1-11-5-6-16-9-14(11)17-20(18,19)10-13-4-2-3-12(7-13)8-15;/h2-4,7,11,14,16-17H,5-6,9-10H2,1H3;1H. The van der Waals surface area contributed by atoms with E-state index in [0.717, 1.165) is 13.0 Å². The third kappa shape index (κ3) is 5.29. The SMILES string of the molecule is CC1CCNCC1NS(=O)(=O)Cc1cccc(C#N)c1.Cl. The van der Waals surface area contributed by atoms with E-state index in [-0.39, 0.29) is 24.2 Å². The molecule has 7 heteroatoms. The number of rotatable bonds is 4. The smallest absolute Gasteiger partial charge is 0.216 e. The number of piperidine rings is 1. The molecule has 0 saturated carbocycles. The molecule has 21 heavy (non-hydrogen) atoms. The molecule has 1 aliphatic heterocycles. The van der Waals surface area contributed by atoms with Crippen LogP contribution in [0.4, 0.5) is 0 Å². The van der Waals surface area contributed by atoms with Crippen molar-refractivity contribution in [2.45, 2.75) is 25.1 Å². The van der Waals surface area contributed by atoms with Crippen molar-refractivity contribution in [3.8, 4) is 6.07 Å². The van der Waals surface area contributed by atoms with Crippen LogP contribution in [0.1, 0.15) is 24.5 Å². The van der Waals surface area contributed by atoms with Crippen LogP contribution >= 0.6 is 12.4 Å². The van der Waals surface area contributed by atoms with Gasteiger partial charge in [0.15, 0.2) is 0 Å². The van der Waals surface area contributed by atoms with Gasteiger partial charge in [-0.25, -0.2) is 13.1 Å². The first-order valence-electron chi connectivity index (χ1n) is 6.70. The first-order chi connectivity index (χ1) is 9.50. The minimum absolute atomic E-state index is 0. The van der Waals surface area contributed by atoms with Crippen LogP contribution in [-0.4, -0.2) is 27.5 Å². The zero-order valence-corrected chi connectivity index (χ0v) is 13.5. The van der Waals surface area contributed by atoms with E-state index in [9.17, 15) is 8.42 Å². The maximum atomic E-state index is 12.2. The number of hydrogen-bond acceptors (Lipinski definition) is 4. The fourth-order valence-electron chi connectivity index (χ4n) is 2.37. The molecule has 2 atom stereocenters. The van der Waals surface area contributed by atoms with Crippen molar-refractivity contribution in [1.82, 2.24) is 10.0 Å². The second kappa shape index (κ2) is 7.76. The Bertz CT molecular complexity index is 613. The van der Waals surface area contributed by atoms with Gasteiger partial charge in [0.05, 0.1) is 17.4 Å². The summed E-state index contributed by atoms with van der Waals surface area (Å²) in [6.07, 6.45) is 0.969. The summed E-state index contributed by atoms with van der Waals surface area (Å²) in [4.78, 5) is 0. The van der Waals surface area contributed by atoms with Gasteiger partial charge in [-0.15, -0.1) is 12.4 Å². The van der Waals surface area contributed by atoms with Crippen molar-refractivity contribution in [2.75, 3.05) is 13.1 Å². The Labute approximate surface area is 132 Å². The molecular formula is C14H20ClN3O2S. The van der Waals surface area contributed by atoms with Gasteiger partial charge in [0.25, 0.3) is 0 Å². The Kier molecular flexibility index (Phi) is 6.62. The normalized spacial score (nSPS) is 22.1. The molecule has 2 rings (SSSR count). The quantitative estimate of drug-likeness (QED) is 0.874. The van der Waals surface area contributed by atoms with Gasteiger partial charge in [0.2, 0.25) is 10.0 Å². The second-order valence-corrected chi connectivity index (χ2v) is 7.02. The van der Waals surface area contributed by atoms with E-state index >= 15 is 0 Å². The largest absolute Gasteiger partial charge is 0.315 e. The molecule has 0 bridgehead atoms. The highest BCUT2D eigenvalue weighted by Gasteiger charge is 2.25. The average Bonchev–Trinajstić information content (AvgIpc) is 2.41. The zero-order chi connectivity index (χ0) is 14.6. The number of nitrogens with one attached hydrogen (secondary N) is 2. The van der Waals surface area contributed by atoms with Crippen LogP contribution in [0.25, 0.3) is 0 Å². The van der Waals surface area contributed by atoms with Crippen LogP contribution in [-0.2, 0) is 15.8 Å². The maximum absolute atomic E-state index is 12.2. The lowest BCUT2D eigenvalue weighted by Crippen LogP contribution is -2.50. The van der Waals surface area contributed by atoms with Crippen LogP contribution in [0.3, 0.4) is 0 Å². The van der Waals surface area contributed by atoms with Crippen molar-refractivity contribution < 1.29 is 8.42 Å². The Morgan fingerprint density at radius 2 is 2.24 bits per heavy atom. The minimum atomic E-state index is -3.39. The summed E-state index contributed by atoms with van der Waals surface area (Å²) in [5.74, 6) is 0.239. The molecule has 0 spiro atoms. The molecule has 2 N–H and O–H groups in total. The summed E-state index contributed by atoms with van der Waals surface area (Å²) in [6, 6.07) is 8.66. The summed E-state index contributed by atoms with van der Waals surface area (Å²) >= 11 is 0. The third-order valence-electron chi connectivity index (χ3n) is 3.57. The zero-order valence-electron chi connectivity index (χ0n) is 11.9. The fourth-order valence-corrected chi connectivity index (χ4v) is 3.85. The van der Waals surface area contributed by atoms with E-state index in [1.807, 2.05) is 6.07 Å². The molecule has 0 aromatic heterocycles. The molecule has 1 fully saturated rings. The number of benzene rings is 1. The topological polar surface area (TPSA) is 82.0 Å². The van der Waals surface area contributed by atoms with Crippen molar-refractivity contribution >= 4 is 22.4 Å². The summed E-state index contributed by atoms with van der Waals surface area (Å²) in [5, 5.41) is 12.0. The lowest BCUT2D eigenvalue weighted by Gasteiger charge is -2.30. The summed E-state index contributed by atoms with van der Waals surface area (Å²) in [7, 11) is -3.39. The van der Waals surface area contributed by atoms with Crippen molar-refractivity contribution in [1.29, 1.82) is 5.26 Å². The van der Waals surface area contributed by atoms with Gasteiger partial charge in [0.1, 0.15) is 0 Å². The molecule has 1 aromatic rings. The van der Waals surface area contributed by atoms with Gasteiger partial charge in [0, 0.05) is 12.6 Å². The van der Waals surface area contributed by atoms with Crippen LogP contribution in [0.2, 0.25) is 0 Å². The second-order valence-electron chi connectivity index (χ2n) is 5.27. The third-order valence-corrected chi connectivity index (χ3v) is 4.95. The average molecular weight is 330 g/mol. The first-order valence-corrected chi connectivity index (χ1v) is 8.35. The monoisotopic (exact) mass is 329 g/mol. The fraction of sp³-hybridized carbons (Fsp3) is 0.500. The van der Waals surface area contributed by atoms with Crippen molar-refractivity contribution in [2.24, 2.45) is 5.92 Å². The molecule has 1 saturated heterocycles. The van der Waals surface area contributed by atoms with Crippen LogP contribution < -0.4 is 10.0 Å². The van der Waals surface area contributed by atoms with Crippen molar-refractivity contribution in [3.05, 3.63) is 35.4 Å². The Morgan fingerprint density at radius 1 is 1.48 bits per heavy atom. The molecule has 1 heterocycles. The Hall–Kier alpha value is -1.13. The van der Waals surface area contributed by atoms with E-state index in [1.165, 1.54) is 0 Å². The molecular weight excluding hydrogens is 310 g/mol. The molecule has 1 aromatic carbocycles. The van der Waals surface area contributed by atoms with E-state index in [2.05, 4.69) is 17.0 Å². The van der Waals surface area contributed by atoms with E-state index in [1.54, 1.807) is 24.3 Å². The van der Waals surface area contributed by atoms with E-state index < -0.39 is 10.0 Å². The summed E-state index contributed by atoms with van der Waals surface area (Å²) in [5.41, 5.74) is 1.11. The van der Waals surface area contributed by atoms with E-state index in [0.29, 0.717) is 23.6 Å². The number of hydrogen-bond donors (Lipinski definition) is 2. The lowest BCUT2D eigenvalue weighted by atomic mass is 9.96. The molecule has 0 radical (unpaired) electrons. The summed E-state index contributed by atoms with van der Waals surface area (Å²) in [6.45, 7) is 3.66. The number of nitrogens with zero attached hydrogens (tertiary/aromatic N) is 1. The van der Waals surface area contributed by atoms with E-state index in [4.69, 9.17) is 5.26 Å². The number of halogens is 1. The molecule has 116 valence electrons. The van der Waals surface area contributed by atoms with Gasteiger partial charge in [-0.1, -0.05) is 19.1 Å². The van der Waals surface area contributed by atoms with Crippen LogP contribution in [0.5, 0.6) is 0 Å². The molecule has 1 aliphatic rings. The van der Waals surface area contributed by atoms with Gasteiger partial charge >= 0.3 is 0 Å². The highest BCUT2D eigenvalue weighted by atomic mass is 35.5. The highest BCUT2D eigenvalue weighted by molar-refractivity contribution is 7.88. The highest BCUT2D eigenvalue weighted by Crippen LogP contribution is 2.14. The maximum Gasteiger partial charge on any atom is 0.216 e. The first kappa shape index (κ1) is 17.9. The van der Waals surface area contributed by atoms with Gasteiger partial charge in [-0.2, -0.15) is 5.26 Å².